The number of hydrogen-bond donors (Lipinski definition) is 3. The number of aliphatic imine (C=N–C) groups is 2. The SMILES string of the molecule is NC1=NC2(CCCCC2)N(c2cccc3c(Cl)[nH]nc23)C(N)=N1. The number of guanidine groups is 2. The van der Waals surface area contributed by atoms with Gasteiger partial charge in [0, 0.05) is 5.39 Å². The number of aromatic nitrogens is 2. The summed E-state index contributed by atoms with van der Waals surface area (Å²) in [7, 11) is 0. The summed E-state index contributed by atoms with van der Waals surface area (Å²) in [4.78, 5) is 10.8. The smallest absolute Gasteiger partial charge is 0.220 e. The van der Waals surface area contributed by atoms with E-state index in [9.17, 15) is 0 Å². The van der Waals surface area contributed by atoms with Gasteiger partial charge in [-0.25, -0.2) is 4.99 Å². The predicted molar refractivity (Wildman–Crippen MR) is 92.6 cm³/mol. The zero-order valence-electron chi connectivity index (χ0n) is 12.6. The van der Waals surface area contributed by atoms with Crippen molar-refractivity contribution in [2.45, 2.75) is 37.8 Å². The lowest BCUT2D eigenvalue weighted by molar-refractivity contribution is 0.306. The summed E-state index contributed by atoms with van der Waals surface area (Å²) in [6.45, 7) is 0. The lowest BCUT2D eigenvalue weighted by Gasteiger charge is -2.45. The van der Waals surface area contributed by atoms with E-state index in [0.29, 0.717) is 11.1 Å². The first kappa shape index (κ1) is 14.3. The maximum Gasteiger partial charge on any atom is 0.220 e. The van der Waals surface area contributed by atoms with E-state index in [1.165, 1.54) is 6.42 Å². The molecule has 2 aromatic rings. The van der Waals surface area contributed by atoms with Crippen LogP contribution in [0.3, 0.4) is 0 Å². The molecule has 23 heavy (non-hydrogen) atoms. The van der Waals surface area contributed by atoms with Crippen molar-refractivity contribution in [3.8, 4) is 0 Å². The van der Waals surface area contributed by atoms with Crippen LogP contribution in [-0.4, -0.2) is 27.8 Å². The first-order chi connectivity index (χ1) is 11.1. The minimum absolute atomic E-state index is 0.243. The van der Waals surface area contributed by atoms with Gasteiger partial charge in [-0.15, -0.1) is 0 Å². The summed E-state index contributed by atoms with van der Waals surface area (Å²) in [6.07, 6.45) is 5.13. The maximum atomic E-state index is 6.25. The molecule has 1 aromatic heterocycles. The van der Waals surface area contributed by atoms with Crippen molar-refractivity contribution in [3.05, 3.63) is 23.4 Å². The van der Waals surface area contributed by atoms with Crippen LogP contribution in [0.1, 0.15) is 32.1 Å². The minimum atomic E-state index is -0.478. The molecule has 7 nitrogen and oxygen atoms in total. The van der Waals surface area contributed by atoms with Crippen LogP contribution < -0.4 is 16.4 Å². The average Bonchev–Trinajstić information content (AvgIpc) is 2.90. The molecule has 4 rings (SSSR count). The highest BCUT2D eigenvalue weighted by atomic mass is 35.5. The molecular formula is C15H18ClN7. The largest absolute Gasteiger partial charge is 0.369 e. The van der Waals surface area contributed by atoms with Crippen LogP contribution in [0.25, 0.3) is 10.9 Å². The quantitative estimate of drug-likeness (QED) is 0.745. The van der Waals surface area contributed by atoms with Crippen molar-refractivity contribution >= 4 is 40.1 Å². The van der Waals surface area contributed by atoms with Gasteiger partial charge in [0.1, 0.15) is 16.3 Å². The van der Waals surface area contributed by atoms with Crippen molar-refractivity contribution in [2.75, 3.05) is 4.90 Å². The van der Waals surface area contributed by atoms with E-state index in [1.54, 1.807) is 0 Å². The van der Waals surface area contributed by atoms with E-state index >= 15 is 0 Å². The van der Waals surface area contributed by atoms with Gasteiger partial charge in [0.25, 0.3) is 0 Å². The number of nitrogens with two attached hydrogens (primary N) is 2. The summed E-state index contributed by atoms with van der Waals surface area (Å²) < 4.78 is 0. The number of rotatable bonds is 1. The highest BCUT2D eigenvalue weighted by molar-refractivity contribution is 6.34. The molecular weight excluding hydrogens is 314 g/mol. The molecule has 0 bridgehead atoms. The van der Waals surface area contributed by atoms with Gasteiger partial charge in [-0.05, 0) is 37.8 Å². The molecule has 1 aliphatic carbocycles. The van der Waals surface area contributed by atoms with E-state index in [-0.39, 0.29) is 5.96 Å². The summed E-state index contributed by atoms with van der Waals surface area (Å²) in [5.41, 5.74) is 13.3. The lowest BCUT2D eigenvalue weighted by atomic mass is 9.87. The fourth-order valence-electron chi connectivity index (χ4n) is 3.64. The second kappa shape index (κ2) is 5.13. The Hall–Kier alpha value is -2.28. The summed E-state index contributed by atoms with van der Waals surface area (Å²) in [6, 6.07) is 5.83. The number of fused-ring (bicyclic) bond motifs is 1. The molecule has 0 radical (unpaired) electrons. The van der Waals surface area contributed by atoms with Gasteiger partial charge < -0.3 is 11.5 Å². The first-order valence-electron chi connectivity index (χ1n) is 7.73. The molecule has 120 valence electrons. The Labute approximate surface area is 138 Å². The number of nitrogens with one attached hydrogen (secondary N) is 1. The van der Waals surface area contributed by atoms with Crippen LogP contribution in [0.15, 0.2) is 28.2 Å². The third-order valence-corrected chi connectivity index (χ3v) is 4.90. The van der Waals surface area contributed by atoms with Crippen molar-refractivity contribution in [1.82, 2.24) is 10.2 Å². The van der Waals surface area contributed by atoms with Crippen molar-refractivity contribution in [2.24, 2.45) is 21.5 Å². The van der Waals surface area contributed by atoms with Gasteiger partial charge in [-0.3, -0.25) is 10.00 Å². The molecule has 2 aliphatic rings. The van der Waals surface area contributed by atoms with Crippen LogP contribution >= 0.6 is 11.6 Å². The van der Waals surface area contributed by atoms with Gasteiger partial charge in [0.05, 0.1) is 5.69 Å². The minimum Gasteiger partial charge on any atom is -0.369 e. The van der Waals surface area contributed by atoms with Crippen molar-refractivity contribution in [3.63, 3.8) is 0 Å². The molecule has 1 aliphatic heterocycles. The predicted octanol–water partition coefficient (Wildman–Crippen LogP) is 2.33. The lowest BCUT2D eigenvalue weighted by Crippen LogP contribution is -2.58. The number of nitrogens with zero attached hydrogens (tertiary/aromatic N) is 4. The second-order valence-electron chi connectivity index (χ2n) is 6.03. The van der Waals surface area contributed by atoms with E-state index in [1.807, 2.05) is 23.1 Å². The first-order valence-corrected chi connectivity index (χ1v) is 8.11. The van der Waals surface area contributed by atoms with Crippen LogP contribution in [0.4, 0.5) is 5.69 Å². The number of aromatic amines is 1. The number of halogens is 1. The zero-order valence-corrected chi connectivity index (χ0v) is 13.3. The molecule has 1 fully saturated rings. The van der Waals surface area contributed by atoms with Gasteiger partial charge in [0.15, 0.2) is 0 Å². The van der Waals surface area contributed by atoms with Crippen LogP contribution in [0.2, 0.25) is 5.15 Å². The number of anilines is 1. The summed E-state index contributed by atoms with van der Waals surface area (Å²) in [5.74, 6) is 0.596. The third kappa shape index (κ3) is 2.15. The van der Waals surface area contributed by atoms with E-state index in [2.05, 4.69) is 20.2 Å². The molecule has 1 saturated carbocycles. The average molecular weight is 332 g/mol. The van der Waals surface area contributed by atoms with Gasteiger partial charge in [0.2, 0.25) is 11.9 Å². The number of benzene rings is 1. The Kier molecular flexibility index (Phi) is 3.19. The number of H-pyrrole nitrogens is 1. The standard InChI is InChI=1S/C15H18ClN7/c16-12-9-5-4-6-10(11(9)21-22-12)23-14(18)19-13(17)20-15(23)7-2-1-3-8-15/h4-6H,1-3,7-8H2,(H,21,22)(H4,17,18,19,20). The van der Waals surface area contributed by atoms with Gasteiger partial charge >= 0.3 is 0 Å². The monoisotopic (exact) mass is 331 g/mol. The molecule has 8 heteroatoms. The zero-order chi connectivity index (χ0) is 16.0. The molecule has 0 unspecified atom stereocenters. The topological polar surface area (TPSA) is 109 Å². The Morgan fingerprint density at radius 3 is 2.74 bits per heavy atom. The third-order valence-electron chi connectivity index (χ3n) is 4.61. The fourth-order valence-corrected chi connectivity index (χ4v) is 3.84. The number of para-hydroxylation sites is 1. The molecule has 5 N–H and O–H groups in total. The van der Waals surface area contributed by atoms with Crippen LogP contribution in [0.5, 0.6) is 0 Å². The highest BCUT2D eigenvalue weighted by Gasteiger charge is 2.43. The molecule has 2 heterocycles. The van der Waals surface area contributed by atoms with Crippen LogP contribution in [-0.2, 0) is 0 Å². The van der Waals surface area contributed by atoms with Crippen molar-refractivity contribution < 1.29 is 0 Å². The molecule has 0 amide bonds. The van der Waals surface area contributed by atoms with Gasteiger partial charge in [-0.2, -0.15) is 10.1 Å². The van der Waals surface area contributed by atoms with Gasteiger partial charge in [-0.1, -0.05) is 24.1 Å². The second-order valence-corrected chi connectivity index (χ2v) is 6.41. The molecule has 1 aromatic carbocycles. The Morgan fingerprint density at radius 2 is 1.96 bits per heavy atom. The maximum absolute atomic E-state index is 6.25. The van der Waals surface area contributed by atoms with E-state index in [0.717, 1.165) is 42.3 Å². The fraction of sp³-hybridized carbons (Fsp3) is 0.400. The Bertz CT molecular complexity index is 816. The normalized spacial score (nSPS) is 20.7. The van der Waals surface area contributed by atoms with E-state index < -0.39 is 5.66 Å². The van der Waals surface area contributed by atoms with E-state index in [4.69, 9.17) is 23.1 Å². The Morgan fingerprint density at radius 1 is 1.17 bits per heavy atom. The van der Waals surface area contributed by atoms with Crippen molar-refractivity contribution in [1.29, 1.82) is 0 Å². The Balaban J connectivity index is 1.92. The molecule has 1 spiro atoms. The number of hydrogen-bond acceptors (Lipinski definition) is 6. The highest BCUT2D eigenvalue weighted by Crippen LogP contribution is 2.41. The van der Waals surface area contributed by atoms with Crippen LogP contribution in [0, 0.1) is 0 Å². The summed E-state index contributed by atoms with van der Waals surface area (Å²) >= 11 is 6.17. The molecule has 0 saturated heterocycles. The summed E-state index contributed by atoms with van der Waals surface area (Å²) in [5, 5.41) is 8.52. The molecule has 0 atom stereocenters.